The first-order chi connectivity index (χ1) is 9.88. The molecule has 21 heavy (non-hydrogen) atoms. The molecule has 1 atom stereocenters. The second-order valence-electron chi connectivity index (χ2n) is 5.07. The molecule has 116 valence electrons. The fraction of sp³-hybridized carbons (Fsp3) is 0.438. The van der Waals surface area contributed by atoms with Gasteiger partial charge in [-0.3, -0.25) is 0 Å². The lowest BCUT2D eigenvalue weighted by Crippen LogP contribution is -2.37. The molecule has 0 heterocycles. The summed E-state index contributed by atoms with van der Waals surface area (Å²) in [5.41, 5.74) is 2.92. The minimum atomic E-state index is -0.223. The van der Waals surface area contributed by atoms with Crippen molar-refractivity contribution in [2.24, 2.45) is 0 Å². The van der Waals surface area contributed by atoms with Crippen molar-refractivity contribution in [2.75, 3.05) is 20.8 Å². The van der Waals surface area contributed by atoms with Gasteiger partial charge in [-0.1, -0.05) is 12.2 Å². The number of rotatable bonds is 6. The van der Waals surface area contributed by atoms with E-state index in [-0.39, 0.29) is 12.1 Å². The SMILES string of the molecule is C=C(C)CNC(=O)N[C@H](C)c1cc(OC)c(OC)cc1C. The smallest absolute Gasteiger partial charge is 0.315 e. The molecule has 0 aliphatic heterocycles. The third-order valence-corrected chi connectivity index (χ3v) is 3.14. The second-order valence-corrected chi connectivity index (χ2v) is 5.07. The van der Waals surface area contributed by atoms with Gasteiger partial charge in [0, 0.05) is 6.54 Å². The minimum absolute atomic E-state index is 0.144. The summed E-state index contributed by atoms with van der Waals surface area (Å²) in [6, 6.07) is 3.42. The number of benzene rings is 1. The number of amides is 2. The van der Waals surface area contributed by atoms with Crippen molar-refractivity contribution in [1.29, 1.82) is 0 Å². The van der Waals surface area contributed by atoms with Gasteiger partial charge in [-0.05, 0) is 44.0 Å². The summed E-state index contributed by atoms with van der Waals surface area (Å²) in [5, 5.41) is 5.64. The van der Waals surface area contributed by atoms with Gasteiger partial charge in [0.15, 0.2) is 11.5 Å². The Morgan fingerprint density at radius 2 is 1.86 bits per heavy atom. The number of hydrogen-bond donors (Lipinski definition) is 2. The average Bonchev–Trinajstić information content (AvgIpc) is 2.44. The van der Waals surface area contributed by atoms with Crippen LogP contribution in [0.2, 0.25) is 0 Å². The monoisotopic (exact) mass is 292 g/mol. The lowest BCUT2D eigenvalue weighted by molar-refractivity contribution is 0.238. The Morgan fingerprint density at radius 1 is 1.29 bits per heavy atom. The molecule has 2 N–H and O–H groups in total. The predicted molar refractivity (Wildman–Crippen MR) is 84.0 cm³/mol. The lowest BCUT2D eigenvalue weighted by atomic mass is 10.0. The van der Waals surface area contributed by atoms with Crippen LogP contribution in [-0.4, -0.2) is 26.8 Å². The van der Waals surface area contributed by atoms with Crippen molar-refractivity contribution in [3.63, 3.8) is 0 Å². The van der Waals surface area contributed by atoms with E-state index in [9.17, 15) is 4.79 Å². The Kier molecular flexibility index (Phi) is 6.09. The Morgan fingerprint density at radius 3 is 2.38 bits per heavy atom. The normalized spacial score (nSPS) is 11.5. The molecular weight excluding hydrogens is 268 g/mol. The van der Waals surface area contributed by atoms with Gasteiger partial charge in [0.1, 0.15) is 0 Å². The van der Waals surface area contributed by atoms with Crippen LogP contribution in [0.5, 0.6) is 11.5 Å². The van der Waals surface area contributed by atoms with Crippen LogP contribution >= 0.6 is 0 Å². The molecule has 0 bridgehead atoms. The molecule has 0 saturated carbocycles. The van der Waals surface area contributed by atoms with Crippen LogP contribution in [0.15, 0.2) is 24.3 Å². The summed E-state index contributed by atoms with van der Waals surface area (Å²) in [4.78, 5) is 11.8. The zero-order valence-electron chi connectivity index (χ0n) is 13.4. The molecule has 0 spiro atoms. The second kappa shape index (κ2) is 7.57. The van der Waals surface area contributed by atoms with Crippen molar-refractivity contribution < 1.29 is 14.3 Å². The van der Waals surface area contributed by atoms with Gasteiger partial charge in [0.25, 0.3) is 0 Å². The summed E-state index contributed by atoms with van der Waals surface area (Å²) in [6.45, 7) is 9.97. The van der Waals surface area contributed by atoms with E-state index in [1.165, 1.54) is 0 Å². The number of carbonyl (C=O) groups excluding carboxylic acids is 1. The summed E-state index contributed by atoms with van der Waals surface area (Å²) in [5.74, 6) is 1.33. The molecule has 1 rings (SSSR count). The first kappa shape index (κ1) is 16.9. The third kappa shape index (κ3) is 4.70. The maximum Gasteiger partial charge on any atom is 0.315 e. The number of nitrogens with one attached hydrogen (secondary N) is 2. The summed E-state index contributed by atoms with van der Waals surface area (Å²) in [6.07, 6.45) is 0. The van der Waals surface area contributed by atoms with E-state index in [0.717, 1.165) is 16.7 Å². The molecule has 0 radical (unpaired) electrons. The molecule has 0 fully saturated rings. The van der Waals surface area contributed by atoms with E-state index >= 15 is 0 Å². The quantitative estimate of drug-likeness (QED) is 0.793. The lowest BCUT2D eigenvalue weighted by Gasteiger charge is -2.19. The van der Waals surface area contributed by atoms with E-state index in [2.05, 4.69) is 17.2 Å². The highest BCUT2D eigenvalue weighted by Crippen LogP contribution is 2.32. The van der Waals surface area contributed by atoms with Gasteiger partial charge in [0.05, 0.1) is 20.3 Å². The fourth-order valence-electron chi connectivity index (χ4n) is 2.02. The van der Waals surface area contributed by atoms with Crippen LogP contribution in [0, 0.1) is 6.92 Å². The predicted octanol–water partition coefficient (Wildman–Crippen LogP) is 2.95. The highest BCUT2D eigenvalue weighted by Gasteiger charge is 2.15. The molecule has 0 unspecified atom stereocenters. The Balaban J connectivity index is 2.84. The summed E-state index contributed by atoms with van der Waals surface area (Å²) >= 11 is 0. The molecule has 5 heteroatoms. The highest BCUT2D eigenvalue weighted by molar-refractivity contribution is 5.74. The van der Waals surface area contributed by atoms with Crippen LogP contribution in [0.1, 0.15) is 31.0 Å². The van der Waals surface area contributed by atoms with E-state index in [4.69, 9.17) is 9.47 Å². The van der Waals surface area contributed by atoms with Gasteiger partial charge in [-0.2, -0.15) is 0 Å². The molecule has 1 aromatic carbocycles. The van der Waals surface area contributed by atoms with Gasteiger partial charge < -0.3 is 20.1 Å². The van der Waals surface area contributed by atoms with Crippen LogP contribution in [-0.2, 0) is 0 Å². The summed E-state index contributed by atoms with van der Waals surface area (Å²) in [7, 11) is 3.19. The number of carbonyl (C=O) groups is 1. The van der Waals surface area contributed by atoms with Crippen LogP contribution in [0.3, 0.4) is 0 Å². The van der Waals surface area contributed by atoms with E-state index in [1.54, 1.807) is 14.2 Å². The Bertz CT molecular complexity index is 526. The standard InChI is InChI=1S/C16H24N2O3/c1-10(2)9-17-16(19)18-12(4)13-8-15(21-6)14(20-5)7-11(13)3/h7-8,12H,1,9H2,2-6H3,(H2,17,18,19)/t12-/m1/s1. The summed E-state index contributed by atoms with van der Waals surface area (Å²) < 4.78 is 10.6. The zero-order chi connectivity index (χ0) is 16.0. The van der Waals surface area contributed by atoms with Gasteiger partial charge in [-0.25, -0.2) is 4.79 Å². The van der Waals surface area contributed by atoms with E-state index in [1.807, 2.05) is 32.9 Å². The maximum absolute atomic E-state index is 11.8. The molecule has 0 aliphatic rings. The molecule has 0 saturated heterocycles. The average molecular weight is 292 g/mol. The fourth-order valence-corrected chi connectivity index (χ4v) is 2.02. The van der Waals surface area contributed by atoms with Gasteiger partial charge in [0.2, 0.25) is 0 Å². The number of ether oxygens (including phenoxy) is 2. The van der Waals surface area contributed by atoms with Crippen LogP contribution in [0.25, 0.3) is 0 Å². The van der Waals surface area contributed by atoms with E-state index < -0.39 is 0 Å². The van der Waals surface area contributed by atoms with Crippen LogP contribution < -0.4 is 20.1 Å². The number of methoxy groups -OCH3 is 2. The zero-order valence-corrected chi connectivity index (χ0v) is 13.4. The highest BCUT2D eigenvalue weighted by atomic mass is 16.5. The maximum atomic E-state index is 11.8. The number of hydrogen-bond acceptors (Lipinski definition) is 3. The van der Waals surface area contributed by atoms with E-state index in [0.29, 0.717) is 18.0 Å². The number of aryl methyl sites for hydroxylation is 1. The van der Waals surface area contributed by atoms with Crippen LogP contribution in [0.4, 0.5) is 4.79 Å². The molecule has 1 aromatic rings. The first-order valence-corrected chi connectivity index (χ1v) is 6.80. The van der Waals surface area contributed by atoms with Crippen molar-refractivity contribution in [3.05, 3.63) is 35.4 Å². The van der Waals surface area contributed by atoms with Crippen molar-refractivity contribution >= 4 is 6.03 Å². The van der Waals surface area contributed by atoms with Crippen molar-refractivity contribution in [2.45, 2.75) is 26.8 Å². The van der Waals surface area contributed by atoms with Crippen molar-refractivity contribution in [1.82, 2.24) is 10.6 Å². The largest absolute Gasteiger partial charge is 0.493 e. The first-order valence-electron chi connectivity index (χ1n) is 6.80. The molecular formula is C16H24N2O3. The van der Waals surface area contributed by atoms with Gasteiger partial charge >= 0.3 is 6.03 Å². The number of urea groups is 1. The third-order valence-electron chi connectivity index (χ3n) is 3.14. The topological polar surface area (TPSA) is 59.6 Å². The van der Waals surface area contributed by atoms with Gasteiger partial charge in [-0.15, -0.1) is 0 Å². The Hall–Kier alpha value is -2.17. The Labute approximate surface area is 126 Å². The molecule has 2 amide bonds. The molecule has 0 aromatic heterocycles. The molecule has 5 nitrogen and oxygen atoms in total. The molecule has 0 aliphatic carbocycles. The van der Waals surface area contributed by atoms with Crippen molar-refractivity contribution in [3.8, 4) is 11.5 Å². The minimum Gasteiger partial charge on any atom is -0.493 e.